The molecule has 0 radical (unpaired) electrons. The lowest BCUT2D eigenvalue weighted by Gasteiger charge is -2.09. The van der Waals surface area contributed by atoms with E-state index in [2.05, 4.69) is 15.3 Å². The summed E-state index contributed by atoms with van der Waals surface area (Å²) in [5, 5.41) is 3.89. The summed E-state index contributed by atoms with van der Waals surface area (Å²) in [5.41, 5.74) is 4.37. The Morgan fingerprint density at radius 1 is 1.04 bits per heavy atom. The summed E-state index contributed by atoms with van der Waals surface area (Å²) in [6.07, 6.45) is 1.78. The van der Waals surface area contributed by atoms with E-state index in [0.29, 0.717) is 5.56 Å². The predicted octanol–water partition coefficient (Wildman–Crippen LogP) is 4.92. The molecule has 0 bridgehead atoms. The van der Waals surface area contributed by atoms with Gasteiger partial charge in [-0.25, -0.2) is 9.97 Å². The number of aromatic nitrogens is 2. The number of hydrogen-bond acceptors (Lipinski definition) is 4. The molecule has 0 fully saturated rings. The molecule has 5 heteroatoms. The zero-order valence-corrected chi connectivity index (χ0v) is 14.4. The van der Waals surface area contributed by atoms with Crippen LogP contribution in [-0.2, 0) is 0 Å². The molecular weight excluding hydrogens is 330 g/mol. The SMILES string of the molecule is Cc1cc(-c2nc3cccnc3s2)ccc1NC(=O)c1ccccc1. The minimum Gasteiger partial charge on any atom is -0.322 e. The molecule has 0 saturated carbocycles. The highest BCUT2D eigenvalue weighted by molar-refractivity contribution is 7.21. The van der Waals surface area contributed by atoms with Gasteiger partial charge in [0.2, 0.25) is 0 Å². The summed E-state index contributed by atoms with van der Waals surface area (Å²) in [6.45, 7) is 1.98. The topological polar surface area (TPSA) is 54.9 Å². The molecule has 2 aromatic heterocycles. The number of nitrogens with one attached hydrogen (secondary N) is 1. The third-order valence-corrected chi connectivity index (χ3v) is 4.95. The molecule has 0 unspecified atom stereocenters. The Morgan fingerprint density at radius 3 is 2.64 bits per heavy atom. The van der Waals surface area contributed by atoms with Gasteiger partial charge in [-0.15, -0.1) is 0 Å². The van der Waals surface area contributed by atoms with Gasteiger partial charge in [-0.3, -0.25) is 4.79 Å². The first-order valence-electron chi connectivity index (χ1n) is 7.90. The highest BCUT2D eigenvalue weighted by atomic mass is 32.1. The van der Waals surface area contributed by atoms with Crippen LogP contribution in [0.5, 0.6) is 0 Å². The van der Waals surface area contributed by atoms with Crippen molar-refractivity contribution in [2.75, 3.05) is 5.32 Å². The van der Waals surface area contributed by atoms with E-state index in [4.69, 9.17) is 0 Å². The summed E-state index contributed by atoms with van der Waals surface area (Å²) >= 11 is 1.57. The fraction of sp³-hybridized carbons (Fsp3) is 0.0500. The quantitative estimate of drug-likeness (QED) is 0.573. The van der Waals surface area contributed by atoms with Gasteiger partial charge in [0.05, 0.1) is 0 Å². The molecule has 4 rings (SSSR count). The maximum Gasteiger partial charge on any atom is 0.255 e. The Hall–Kier alpha value is -3.05. The first-order valence-corrected chi connectivity index (χ1v) is 8.71. The number of pyridine rings is 1. The van der Waals surface area contributed by atoms with Crippen LogP contribution in [0.2, 0.25) is 0 Å². The third-order valence-electron chi connectivity index (χ3n) is 3.92. The van der Waals surface area contributed by atoms with Crippen LogP contribution >= 0.6 is 11.3 Å². The maximum atomic E-state index is 12.3. The van der Waals surface area contributed by atoms with Gasteiger partial charge < -0.3 is 5.32 Å². The van der Waals surface area contributed by atoms with Gasteiger partial charge in [-0.1, -0.05) is 29.5 Å². The summed E-state index contributed by atoms with van der Waals surface area (Å²) in [6, 6.07) is 19.0. The Kier molecular flexibility index (Phi) is 3.99. The molecule has 4 aromatic rings. The monoisotopic (exact) mass is 345 g/mol. The minimum absolute atomic E-state index is 0.111. The predicted molar refractivity (Wildman–Crippen MR) is 102 cm³/mol. The maximum absolute atomic E-state index is 12.3. The van der Waals surface area contributed by atoms with E-state index in [-0.39, 0.29) is 5.91 Å². The van der Waals surface area contributed by atoms with Crippen molar-refractivity contribution in [2.24, 2.45) is 0 Å². The first kappa shape index (κ1) is 15.5. The van der Waals surface area contributed by atoms with E-state index < -0.39 is 0 Å². The molecule has 2 heterocycles. The van der Waals surface area contributed by atoms with Gasteiger partial charge in [0.25, 0.3) is 5.91 Å². The smallest absolute Gasteiger partial charge is 0.255 e. The van der Waals surface area contributed by atoms with Crippen LogP contribution in [0.4, 0.5) is 5.69 Å². The average molecular weight is 345 g/mol. The number of hydrogen-bond donors (Lipinski definition) is 1. The van der Waals surface area contributed by atoms with Crippen LogP contribution in [0.25, 0.3) is 20.9 Å². The number of aryl methyl sites for hydroxylation is 1. The molecule has 122 valence electrons. The van der Waals surface area contributed by atoms with Crippen molar-refractivity contribution in [3.05, 3.63) is 78.0 Å². The third kappa shape index (κ3) is 3.14. The molecule has 1 amide bonds. The second-order valence-electron chi connectivity index (χ2n) is 5.70. The molecule has 2 aromatic carbocycles. The van der Waals surface area contributed by atoms with E-state index in [1.54, 1.807) is 29.7 Å². The Labute approximate surface area is 149 Å². The van der Waals surface area contributed by atoms with Crippen LogP contribution in [0.3, 0.4) is 0 Å². The van der Waals surface area contributed by atoms with Gasteiger partial charge in [0, 0.05) is 23.0 Å². The minimum atomic E-state index is -0.111. The van der Waals surface area contributed by atoms with E-state index >= 15 is 0 Å². The zero-order valence-electron chi connectivity index (χ0n) is 13.6. The molecule has 0 spiro atoms. The standard InChI is InChI=1S/C20H15N3OS/c1-13-12-15(19-23-17-8-5-11-21-20(17)25-19)9-10-16(13)22-18(24)14-6-3-2-4-7-14/h2-12H,1H3,(H,22,24). The highest BCUT2D eigenvalue weighted by Crippen LogP contribution is 2.31. The van der Waals surface area contributed by atoms with Gasteiger partial charge in [-0.2, -0.15) is 0 Å². The van der Waals surface area contributed by atoms with Gasteiger partial charge in [-0.05, 0) is 55.0 Å². The van der Waals surface area contributed by atoms with Crippen molar-refractivity contribution in [2.45, 2.75) is 6.92 Å². The van der Waals surface area contributed by atoms with Crippen molar-refractivity contribution < 1.29 is 4.79 Å². The summed E-state index contributed by atoms with van der Waals surface area (Å²) in [5.74, 6) is -0.111. The van der Waals surface area contributed by atoms with Crippen LogP contribution in [0.1, 0.15) is 15.9 Å². The largest absolute Gasteiger partial charge is 0.322 e. The fourth-order valence-corrected chi connectivity index (χ4v) is 3.52. The lowest BCUT2D eigenvalue weighted by molar-refractivity contribution is 0.102. The number of benzene rings is 2. The zero-order chi connectivity index (χ0) is 17.2. The fourth-order valence-electron chi connectivity index (χ4n) is 2.61. The summed E-state index contributed by atoms with van der Waals surface area (Å²) < 4.78 is 0. The van der Waals surface area contributed by atoms with Crippen LogP contribution in [0, 0.1) is 6.92 Å². The van der Waals surface area contributed by atoms with Gasteiger partial charge in [0.1, 0.15) is 15.4 Å². The molecule has 0 aliphatic heterocycles. The number of nitrogens with zero attached hydrogens (tertiary/aromatic N) is 2. The number of thiazole rings is 1. The highest BCUT2D eigenvalue weighted by Gasteiger charge is 2.11. The number of amides is 1. The lowest BCUT2D eigenvalue weighted by Crippen LogP contribution is -2.12. The van der Waals surface area contributed by atoms with E-state index in [0.717, 1.165) is 32.2 Å². The number of carbonyl (C=O) groups excluding carboxylic acids is 1. The van der Waals surface area contributed by atoms with Crippen molar-refractivity contribution in [1.82, 2.24) is 9.97 Å². The average Bonchev–Trinajstić information content (AvgIpc) is 3.08. The Morgan fingerprint density at radius 2 is 1.88 bits per heavy atom. The molecule has 25 heavy (non-hydrogen) atoms. The molecular formula is C20H15N3OS. The second-order valence-corrected chi connectivity index (χ2v) is 6.67. The van der Waals surface area contributed by atoms with Crippen molar-refractivity contribution in [3.8, 4) is 10.6 Å². The number of carbonyl (C=O) groups is 1. The van der Waals surface area contributed by atoms with Crippen molar-refractivity contribution >= 4 is 33.3 Å². The summed E-state index contributed by atoms with van der Waals surface area (Å²) in [4.78, 5) is 22.2. The summed E-state index contributed by atoms with van der Waals surface area (Å²) in [7, 11) is 0. The molecule has 4 nitrogen and oxygen atoms in total. The van der Waals surface area contributed by atoms with Crippen LogP contribution < -0.4 is 5.32 Å². The van der Waals surface area contributed by atoms with Gasteiger partial charge in [0.15, 0.2) is 0 Å². The second kappa shape index (κ2) is 6.45. The number of anilines is 1. The van der Waals surface area contributed by atoms with Crippen molar-refractivity contribution in [1.29, 1.82) is 0 Å². The van der Waals surface area contributed by atoms with Crippen LogP contribution in [-0.4, -0.2) is 15.9 Å². The molecule has 0 atom stereocenters. The molecule has 0 saturated heterocycles. The Balaban J connectivity index is 1.61. The van der Waals surface area contributed by atoms with E-state index in [1.807, 2.05) is 55.5 Å². The molecule has 0 aliphatic carbocycles. The molecule has 0 aliphatic rings. The number of fused-ring (bicyclic) bond motifs is 1. The van der Waals surface area contributed by atoms with E-state index in [1.165, 1.54) is 0 Å². The normalized spacial score (nSPS) is 10.8. The van der Waals surface area contributed by atoms with Gasteiger partial charge >= 0.3 is 0 Å². The lowest BCUT2D eigenvalue weighted by atomic mass is 10.1. The molecule has 1 N–H and O–H groups in total. The van der Waals surface area contributed by atoms with Crippen LogP contribution in [0.15, 0.2) is 66.9 Å². The Bertz CT molecular complexity index is 1020. The van der Waals surface area contributed by atoms with E-state index in [9.17, 15) is 4.79 Å². The first-order chi connectivity index (χ1) is 12.2. The number of rotatable bonds is 3. The van der Waals surface area contributed by atoms with Crippen molar-refractivity contribution in [3.63, 3.8) is 0 Å².